The van der Waals surface area contributed by atoms with E-state index >= 15 is 0 Å². The molecule has 0 saturated carbocycles. The van der Waals surface area contributed by atoms with Crippen molar-refractivity contribution in [3.63, 3.8) is 0 Å². The van der Waals surface area contributed by atoms with Gasteiger partial charge in [-0.05, 0) is 86.9 Å². The van der Waals surface area contributed by atoms with E-state index in [9.17, 15) is 4.79 Å². The van der Waals surface area contributed by atoms with Gasteiger partial charge in [-0.1, -0.05) is 18.2 Å². The number of ether oxygens (including phenoxy) is 2. The summed E-state index contributed by atoms with van der Waals surface area (Å²) in [5.41, 5.74) is 10.4. The molecule has 2 aliphatic rings. The fraction of sp³-hybridized carbons (Fsp3) is 0.480. The van der Waals surface area contributed by atoms with E-state index in [1.807, 2.05) is 38.1 Å². The van der Waals surface area contributed by atoms with Gasteiger partial charge in [0.05, 0.1) is 6.10 Å². The Hall–Kier alpha value is -2.37. The predicted molar refractivity (Wildman–Crippen MR) is 118 cm³/mol. The summed E-state index contributed by atoms with van der Waals surface area (Å²) in [6, 6.07) is 14.0. The summed E-state index contributed by atoms with van der Waals surface area (Å²) in [6.45, 7) is 5.44. The van der Waals surface area contributed by atoms with E-state index in [4.69, 9.17) is 15.2 Å². The minimum absolute atomic E-state index is 0.0335. The molecule has 2 aromatic carbocycles. The highest BCUT2D eigenvalue weighted by molar-refractivity contribution is 5.94. The Morgan fingerprint density at radius 2 is 1.97 bits per heavy atom. The normalized spacial score (nSPS) is 21.2. The van der Waals surface area contributed by atoms with Crippen LogP contribution < -0.4 is 15.8 Å². The predicted octanol–water partition coefficient (Wildman–Crippen LogP) is 3.73. The molecule has 0 spiro atoms. The number of aryl methyl sites for hydroxylation is 1. The van der Waals surface area contributed by atoms with Crippen LogP contribution in [-0.4, -0.2) is 31.3 Å². The van der Waals surface area contributed by atoms with E-state index in [-0.39, 0.29) is 23.6 Å². The van der Waals surface area contributed by atoms with Gasteiger partial charge in [0.15, 0.2) is 0 Å². The molecule has 0 bridgehead atoms. The Morgan fingerprint density at radius 3 is 2.67 bits per heavy atom. The van der Waals surface area contributed by atoms with Crippen molar-refractivity contribution in [2.45, 2.75) is 63.6 Å². The lowest BCUT2D eigenvalue weighted by molar-refractivity contribution is 0.0679. The fourth-order valence-corrected chi connectivity index (χ4v) is 4.22. The number of rotatable bonds is 6. The molecule has 2 atom stereocenters. The molecule has 2 unspecified atom stereocenters. The first kappa shape index (κ1) is 20.9. The number of amides is 1. The van der Waals surface area contributed by atoms with Crippen LogP contribution in [0.1, 0.15) is 60.2 Å². The molecular weight excluding hydrogens is 376 g/mol. The zero-order valence-corrected chi connectivity index (χ0v) is 17.9. The van der Waals surface area contributed by atoms with Crippen LogP contribution in [0.5, 0.6) is 5.75 Å². The van der Waals surface area contributed by atoms with E-state index in [0.29, 0.717) is 12.2 Å². The molecule has 2 aromatic rings. The quantitative estimate of drug-likeness (QED) is 0.764. The lowest BCUT2D eigenvalue weighted by atomic mass is 9.84. The second-order valence-electron chi connectivity index (χ2n) is 9.09. The van der Waals surface area contributed by atoms with Gasteiger partial charge in [0.2, 0.25) is 0 Å². The number of fused-ring (bicyclic) bond motifs is 1. The van der Waals surface area contributed by atoms with Crippen molar-refractivity contribution in [3.8, 4) is 5.75 Å². The molecule has 5 nitrogen and oxygen atoms in total. The van der Waals surface area contributed by atoms with Crippen LogP contribution in [0.15, 0.2) is 42.5 Å². The fourth-order valence-electron chi connectivity index (χ4n) is 4.22. The van der Waals surface area contributed by atoms with Crippen molar-refractivity contribution >= 4 is 5.91 Å². The van der Waals surface area contributed by atoms with Crippen molar-refractivity contribution in [1.29, 1.82) is 0 Å². The van der Waals surface area contributed by atoms with Crippen molar-refractivity contribution in [2.24, 2.45) is 5.73 Å². The Bertz CT molecular complexity index is 880. The minimum Gasteiger partial charge on any atom is -0.491 e. The third kappa shape index (κ3) is 5.02. The lowest BCUT2D eigenvalue weighted by Gasteiger charge is -2.28. The Labute approximate surface area is 178 Å². The molecule has 5 heteroatoms. The smallest absolute Gasteiger partial charge is 0.251 e. The topological polar surface area (TPSA) is 73.6 Å². The molecule has 0 aromatic heterocycles. The first-order chi connectivity index (χ1) is 14.4. The number of benzene rings is 2. The average molecular weight is 409 g/mol. The third-order valence-electron chi connectivity index (χ3n) is 6.09. The van der Waals surface area contributed by atoms with Crippen LogP contribution in [-0.2, 0) is 23.1 Å². The third-order valence-corrected chi connectivity index (χ3v) is 6.09. The second kappa shape index (κ2) is 8.78. The van der Waals surface area contributed by atoms with Gasteiger partial charge in [0.25, 0.3) is 5.91 Å². The summed E-state index contributed by atoms with van der Waals surface area (Å²) in [7, 11) is 0. The number of hydrogen-bond acceptors (Lipinski definition) is 4. The maximum Gasteiger partial charge on any atom is 0.251 e. The molecular formula is C25H32N2O3. The zero-order valence-electron chi connectivity index (χ0n) is 17.9. The van der Waals surface area contributed by atoms with E-state index in [1.165, 1.54) is 11.1 Å². The monoisotopic (exact) mass is 408 g/mol. The number of nitrogens with one attached hydrogen (secondary N) is 1. The maximum atomic E-state index is 12.7. The van der Waals surface area contributed by atoms with E-state index in [1.54, 1.807) is 0 Å². The molecule has 1 aliphatic carbocycles. The molecule has 1 fully saturated rings. The molecule has 3 N–H and O–H groups in total. The molecule has 160 valence electrons. The summed E-state index contributed by atoms with van der Waals surface area (Å²) in [6.07, 6.45) is 5.10. The average Bonchev–Trinajstić information content (AvgIpc) is 3.25. The highest BCUT2D eigenvalue weighted by atomic mass is 16.5. The summed E-state index contributed by atoms with van der Waals surface area (Å²) < 4.78 is 11.4. The van der Waals surface area contributed by atoms with E-state index in [0.717, 1.165) is 50.0 Å². The van der Waals surface area contributed by atoms with Crippen LogP contribution in [0, 0.1) is 0 Å². The highest BCUT2D eigenvalue weighted by Crippen LogP contribution is 2.27. The molecule has 1 heterocycles. The van der Waals surface area contributed by atoms with Crippen LogP contribution in [0.25, 0.3) is 0 Å². The van der Waals surface area contributed by atoms with Gasteiger partial charge in [-0.2, -0.15) is 0 Å². The summed E-state index contributed by atoms with van der Waals surface area (Å²) in [4.78, 5) is 12.7. The Morgan fingerprint density at radius 1 is 1.17 bits per heavy atom. The lowest BCUT2D eigenvalue weighted by Crippen LogP contribution is -2.39. The van der Waals surface area contributed by atoms with E-state index in [2.05, 4.69) is 23.5 Å². The minimum atomic E-state index is -0.333. The highest BCUT2D eigenvalue weighted by Gasteiger charge is 2.23. The van der Waals surface area contributed by atoms with Gasteiger partial charge in [-0.25, -0.2) is 0 Å². The largest absolute Gasteiger partial charge is 0.491 e. The van der Waals surface area contributed by atoms with Crippen molar-refractivity contribution < 1.29 is 14.3 Å². The van der Waals surface area contributed by atoms with Gasteiger partial charge in [0.1, 0.15) is 12.4 Å². The summed E-state index contributed by atoms with van der Waals surface area (Å²) in [5, 5.41) is 3.19. The number of carbonyl (C=O) groups excluding carboxylic acids is 1. The standard InChI is InChI=1S/C25H32N2O3/c1-25(2,26)20-9-5-19-15-21(10-6-18(19)14-20)27-24(28)17-7-11-22(12-8-17)30-16-23-4-3-13-29-23/h5,7-9,11-12,14,21,23H,3-4,6,10,13,15-16,26H2,1-2H3,(H,27,28). The zero-order chi connectivity index (χ0) is 21.1. The maximum absolute atomic E-state index is 12.7. The molecule has 4 rings (SSSR count). The molecule has 30 heavy (non-hydrogen) atoms. The second-order valence-corrected chi connectivity index (χ2v) is 9.09. The van der Waals surface area contributed by atoms with Crippen LogP contribution >= 0.6 is 0 Å². The molecule has 1 amide bonds. The Balaban J connectivity index is 1.32. The SMILES string of the molecule is CC(C)(N)c1ccc2c(c1)CCC(NC(=O)c1ccc(OCC3CCCO3)cc1)C2. The van der Waals surface area contributed by atoms with E-state index < -0.39 is 0 Å². The van der Waals surface area contributed by atoms with Crippen LogP contribution in [0.3, 0.4) is 0 Å². The Kier molecular flexibility index (Phi) is 6.11. The number of hydrogen-bond donors (Lipinski definition) is 2. The molecule has 1 saturated heterocycles. The van der Waals surface area contributed by atoms with Gasteiger partial charge in [-0.15, -0.1) is 0 Å². The number of nitrogens with two attached hydrogens (primary N) is 1. The number of carbonyl (C=O) groups is 1. The van der Waals surface area contributed by atoms with Gasteiger partial charge < -0.3 is 20.5 Å². The van der Waals surface area contributed by atoms with Crippen LogP contribution in [0.4, 0.5) is 0 Å². The molecule has 1 aliphatic heterocycles. The van der Waals surface area contributed by atoms with Gasteiger partial charge in [-0.3, -0.25) is 4.79 Å². The first-order valence-corrected chi connectivity index (χ1v) is 10.9. The van der Waals surface area contributed by atoms with Crippen molar-refractivity contribution in [3.05, 3.63) is 64.7 Å². The van der Waals surface area contributed by atoms with Gasteiger partial charge in [0, 0.05) is 23.8 Å². The first-order valence-electron chi connectivity index (χ1n) is 10.9. The summed E-state index contributed by atoms with van der Waals surface area (Å²) in [5.74, 6) is 0.737. The molecule has 0 radical (unpaired) electrons. The van der Waals surface area contributed by atoms with Crippen LogP contribution in [0.2, 0.25) is 0 Å². The van der Waals surface area contributed by atoms with Crippen molar-refractivity contribution in [1.82, 2.24) is 5.32 Å². The van der Waals surface area contributed by atoms with Crippen molar-refractivity contribution in [2.75, 3.05) is 13.2 Å². The summed E-state index contributed by atoms with van der Waals surface area (Å²) >= 11 is 0. The van der Waals surface area contributed by atoms with Gasteiger partial charge >= 0.3 is 0 Å².